The van der Waals surface area contributed by atoms with Gasteiger partial charge in [-0.3, -0.25) is 10.1 Å². The second kappa shape index (κ2) is 9.28. The Morgan fingerprint density at radius 1 is 1.23 bits per heavy atom. The van der Waals surface area contributed by atoms with E-state index >= 15 is 0 Å². The zero-order chi connectivity index (χ0) is 21.7. The molecule has 9 nitrogen and oxygen atoms in total. The van der Waals surface area contributed by atoms with Crippen LogP contribution in [0.4, 0.5) is 5.69 Å². The summed E-state index contributed by atoms with van der Waals surface area (Å²) in [6.45, 7) is 4.18. The van der Waals surface area contributed by atoms with Crippen LogP contribution in [0.25, 0.3) is 0 Å². The molecule has 2 aromatic rings. The number of rotatable bonds is 8. The Labute approximate surface area is 174 Å². The van der Waals surface area contributed by atoms with Gasteiger partial charge in [-0.05, 0) is 24.1 Å². The monoisotopic (exact) mass is 434 g/mol. The molecular formula is C20H23N2O7P. The van der Waals surface area contributed by atoms with Crippen LogP contribution in [0.15, 0.2) is 48.5 Å². The van der Waals surface area contributed by atoms with Crippen LogP contribution >= 0.6 is 7.75 Å². The van der Waals surface area contributed by atoms with E-state index < -0.39 is 24.7 Å². The molecule has 0 saturated heterocycles. The van der Waals surface area contributed by atoms with E-state index in [2.05, 4.69) is 5.09 Å². The van der Waals surface area contributed by atoms with Gasteiger partial charge in [-0.25, -0.2) is 9.36 Å². The van der Waals surface area contributed by atoms with Crippen LogP contribution in [-0.2, 0) is 14.1 Å². The van der Waals surface area contributed by atoms with Crippen LogP contribution in [0.5, 0.6) is 11.5 Å². The maximum absolute atomic E-state index is 13.3. The number of esters is 1. The van der Waals surface area contributed by atoms with Crippen LogP contribution in [0.3, 0.4) is 0 Å². The van der Waals surface area contributed by atoms with Gasteiger partial charge in [0.05, 0.1) is 11.5 Å². The molecule has 2 atom stereocenters. The summed E-state index contributed by atoms with van der Waals surface area (Å²) in [7, 11) is -4.00. The Kier molecular flexibility index (Phi) is 6.74. The molecule has 1 unspecified atom stereocenters. The molecule has 0 aromatic heterocycles. The quantitative estimate of drug-likeness (QED) is 0.273. The molecular weight excluding hydrogens is 411 g/mol. The first-order chi connectivity index (χ1) is 14.3. The lowest BCUT2D eigenvalue weighted by Gasteiger charge is -2.31. The van der Waals surface area contributed by atoms with Crippen molar-refractivity contribution in [3.05, 3.63) is 64.2 Å². The number of nitrogens with zero attached hydrogens (tertiary/aromatic N) is 1. The Hall–Kier alpha value is -2.90. The van der Waals surface area contributed by atoms with Gasteiger partial charge in [-0.1, -0.05) is 44.9 Å². The van der Waals surface area contributed by atoms with Crippen molar-refractivity contribution in [3.8, 4) is 11.5 Å². The van der Waals surface area contributed by atoms with Gasteiger partial charge in [0, 0.05) is 17.7 Å². The van der Waals surface area contributed by atoms with Crippen LogP contribution < -0.4 is 14.1 Å². The third kappa shape index (κ3) is 4.98. The van der Waals surface area contributed by atoms with E-state index in [1.165, 1.54) is 18.2 Å². The Morgan fingerprint density at radius 2 is 1.93 bits per heavy atom. The average Bonchev–Trinajstić information content (AvgIpc) is 2.73. The van der Waals surface area contributed by atoms with Gasteiger partial charge in [0.1, 0.15) is 17.5 Å². The standard InChI is InChI=1S/C20H23N2O7P/c1-3-14(4-2)13-27-20(23)19-17-12-15(22(24)25)10-11-18(17)29-30(26,21-19)28-16-8-6-5-7-9-16/h5-12,14,19H,3-4,13H2,1-2H3,(H,21,26)/t19-,30?/m1/s1. The molecule has 0 saturated carbocycles. The summed E-state index contributed by atoms with van der Waals surface area (Å²) in [5.41, 5.74) is -0.0560. The molecule has 0 aliphatic carbocycles. The summed E-state index contributed by atoms with van der Waals surface area (Å²) in [6, 6.07) is 10.8. The number of fused-ring (bicyclic) bond motifs is 1. The van der Waals surface area contributed by atoms with Gasteiger partial charge in [-0.15, -0.1) is 0 Å². The highest BCUT2D eigenvalue weighted by atomic mass is 31.2. The topological polar surface area (TPSA) is 117 Å². The van der Waals surface area contributed by atoms with E-state index in [0.29, 0.717) is 0 Å². The predicted octanol–water partition coefficient (Wildman–Crippen LogP) is 4.78. The van der Waals surface area contributed by atoms with Crippen molar-refractivity contribution >= 4 is 19.4 Å². The van der Waals surface area contributed by atoms with Crippen molar-refractivity contribution in [2.75, 3.05) is 6.61 Å². The maximum atomic E-state index is 13.3. The minimum atomic E-state index is -4.00. The molecule has 160 valence electrons. The number of para-hydroxylation sites is 1. The van der Waals surface area contributed by atoms with Gasteiger partial charge < -0.3 is 13.8 Å². The molecule has 2 aromatic carbocycles. The number of benzene rings is 2. The zero-order valence-corrected chi connectivity index (χ0v) is 17.5. The second-order valence-electron chi connectivity index (χ2n) is 6.85. The molecule has 0 spiro atoms. The smallest absolute Gasteiger partial charge is 0.464 e. The van der Waals surface area contributed by atoms with E-state index in [0.717, 1.165) is 12.8 Å². The molecule has 0 bridgehead atoms. The highest BCUT2D eigenvalue weighted by Gasteiger charge is 2.43. The summed E-state index contributed by atoms with van der Waals surface area (Å²) in [4.78, 5) is 23.4. The lowest BCUT2D eigenvalue weighted by atomic mass is 10.0. The van der Waals surface area contributed by atoms with Crippen molar-refractivity contribution in [3.63, 3.8) is 0 Å². The van der Waals surface area contributed by atoms with Crippen LogP contribution in [0.2, 0.25) is 0 Å². The highest BCUT2D eigenvalue weighted by molar-refractivity contribution is 7.52. The van der Waals surface area contributed by atoms with Crippen molar-refractivity contribution in [1.29, 1.82) is 0 Å². The predicted molar refractivity (Wildman–Crippen MR) is 109 cm³/mol. The van der Waals surface area contributed by atoms with Gasteiger partial charge in [0.15, 0.2) is 0 Å². The summed E-state index contributed by atoms with van der Waals surface area (Å²) in [6.07, 6.45) is 1.67. The molecule has 1 N–H and O–H groups in total. The molecule has 0 radical (unpaired) electrons. The van der Waals surface area contributed by atoms with Crippen LogP contribution in [0, 0.1) is 16.0 Å². The maximum Gasteiger partial charge on any atom is 0.513 e. The van der Waals surface area contributed by atoms with Crippen LogP contribution in [-0.4, -0.2) is 17.5 Å². The largest absolute Gasteiger partial charge is 0.513 e. The SMILES string of the molecule is CCC(CC)COC(=O)[C@@H]1NP(=O)(Oc2ccccc2)Oc2ccc([N+](=O)[O-])cc21. The number of nitro groups is 1. The van der Waals surface area contributed by atoms with Crippen molar-refractivity contribution in [2.24, 2.45) is 5.92 Å². The molecule has 30 heavy (non-hydrogen) atoms. The third-order valence-corrected chi connectivity index (χ3v) is 6.30. The second-order valence-corrected chi connectivity index (χ2v) is 8.47. The number of nitro benzene ring substituents is 1. The van der Waals surface area contributed by atoms with E-state index in [-0.39, 0.29) is 35.3 Å². The number of non-ortho nitro benzene ring substituents is 1. The number of hydrogen-bond donors (Lipinski definition) is 1. The van der Waals surface area contributed by atoms with Crippen molar-refractivity contribution < 1.29 is 28.1 Å². The molecule has 10 heteroatoms. The van der Waals surface area contributed by atoms with Gasteiger partial charge >= 0.3 is 13.7 Å². The van der Waals surface area contributed by atoms with E-state index in [9.17, 15) is 19.5 Å². The first-order valence-electron chi connectivity index (χ1n) is 9.62. The Morgan fingerprint density at radius 3 is 2.57 bits per heavy atom. The fourth-order valence-electron chi connectivity index (χ4n) is 2.99. The lowest BCUT2D eigenvalue weighted by Crippen LogP contribution is -2.35. The molecule has 1 aliphatic heterocycles. The molecule has 3 rings (SSSR count). The fraction of sp³-hybridized carbons (Fsp3) is 0.350. The normalized spacial score (nSPS) is 20.2. The summed E-state index contributed by atoms with van der Waals surface area (Å²) >= 11 is 0. The van der Waals surface area contributed by atoms with Crippen molar-refractivity contribution in [2.45, 2.75) is 32.7 Å². The molecule has 1 aliphatic rings. The average molecular weight is 434 g/mol. The summed E-state index contributed by atoms with van der Waals surface area (Å²) in [5, 5.41) is 13.7. The fourth-order valence-corrected chi connectivity index (χ4v) is 4.52. The molecule has 0 amide bonds. The highest BCUT2D eigenvalue weighted by Crippen LogP contribution is 2.53. The van der Waals surface area contributed by atoms with E-state index in [4.69, 9.17) is 13.8 Å². The molecule has 1 heterocycles. The van der Waals surface area contributed by atoms with Gasteiger partial charge in [-0.2, -0.15) is 5.09 Å². The molecule has 0 fully saturated rings. The lowest BCUT2D eigenvalue weighted by molar-refractivity contribution is -0.385. The number of ether oxygens (including phenoxy) is 1. The van der Waals surface area contributed by atoms with Crippen LogP contribution in [0.1, 0.15) is 38.3 Å². The Bertz CT molecular complexity index is 963. The summed E-state index contributed by atoms with van der Waals surface area (Å²) in [5.74, 6) is -0.180. The number of hydrogen-bond acceptors (Lipinski definition) is 7. The number of carbonyl (C=O) groups excluding carboxylic acids is 1. The number of carbonyl (C=O) groups is 1. The minimum Gasteiger partial charge on any atom is -0.464 e. The first-order valence-corrected chi connectivity index (χ1v) is 11.2. The van der Waals surface area contributed by atoms with Gasteiger partial charge in [0.25, 0.3) is 5.69 Å². The number of nitrogens with one attached hydrogen (secondary N) is 1. The summed E-state index contributed by atoms with van der Waals surface area (Å²) < 4.78 is 29.7. The Balaban J connectivity index is 1.91. The minimum absolute atomic E-state index is 0.0584. The zero-order valence-electron chi connectivity index (χ0n) is 16.6. The first kappa shape index (κ1) is 21.8. The van der Waals surface area contributed by atoms with Gasteiger partial charge in [0.2, 0.25) is 0 Å². The van der Waals surface area contributed by atoms with E-state index in [1.54, 1.807) is 30.3 Å². The van der Waals surface area contributed by atoms with Crippen molar-refractivity contribution in [1.82, 2.24) is 5.09 Å². The third-order valence-electron chi connectivity index (χ3n) is 4.84. The van der Waals surface area contributed by atoms with E-state index in [1.807, 2.05) is 13.8 Å².